The SMILES string of the molecule is OC(C1=CCC(O)(O)C=C1)C(O)c1ccccc1.Oc1ccc(C(O)C(O)c2ccc(O)cc2)cc1. The Balaban J connectivity index is 0.000000201. The van der Waals surface area contributed by atoms with E-state index in [4.69, 9.17) is 10.2 Å². The van der Waals surface area contributed by atoms with Crippen LogP contribution in [0.4, 0.5) is 0 Å². The summed E-state index contributed by atoms with van der Waals surface area (Å²) in [5, 5.41) is 77.0. The zero-order valence-electron chi connectivity index (χ0n) is 19.3. The maximum atomic E-state index is 10.0. The molecule has 8 N–H and O–H groups in total. The van der Waals surface area contributed by atoms with Crippen LogP contribution in [-0.2, 0) is 0 Å². The van der Waals surface area contributed by atoms with Crippen LogP contribution in [0, 0.1) is 0 Å². The van der Waals surface area contributed by atoms with Gasteiger partial charge in [0.25, 0.3) is 0 Å². The van der Waals surface area contributed by atoms with Gasteiger partial charge in [0.05, 0.1) is 0 Å². The molecule has 0 saturated carbocycles. The molecule has 4 unspecified atom stereocenters. The molecule has 0 radical (unpaired) electrons. The second-order valence-corrected chi connectivity index (χ2v) is 8.49. The Bertz CT molecular complexity index is 1100. The highest BCUT2D eigenvalue weighted by Gasteiger charge is 2.26. The largest absolute Gasteiger partial charge is 0.508 e. The number of aliphatic hydroxyl groups excluding tert-OH is 4. The van der Waals surface area contributed by atoms with E-state index >= 15 is 0 Å². The molecular weight excluding hydrogens is 464 g/mol. The van der Waals surface area contributed by atoms with Gasteiger partial charge in [-0.05, 0) is 52.6 Å². The molecule has 4 rings (SSSR count). The average molecular weight is 495 g/mol. The first-order valence-corrected chi connectivity index (χ1v) is 11.3. The van der Waals surface area contributed by atoms with E-state index in [1.165, 1.54) is 42.5 Å². The Morgan fingerprint density at radius 2 is 0.972 bits per heavy atom. The minimum atomic E-state index is -1.86. The molecule has 8 nitrogen and oxygen atoms in total. The van der Waals surface area contributed by atoms with Crippen LogP contribution in [0.2, 0.25) is 0 Å². The molecular formula is C28H30O8. The normalized spacial score (nSPS) is 17.7. The molecule has 0 heterocycles. The maximum absolute atomic E-state index is 10.0. The van der Waals surface area contributed by atoms with Gasteiger partial charge >= 0.3 is 0 Å². The van der Waals surface area contributed by atoms with Crippen molar-refractivity contribution in [1.29, 1.82) is 0 Å². The van der Waals surface area contributed by atoms with E-state index < -0.39 is 30.2 Å². The zero-order chi connectivity index (χ0) is 26.3. The molecule has 0 amide bonds. The Morgan fingerprint density at radius 3 is 1.39 bits per heavy atom. The van der Waals surface area contributed by atoms with Crippen molar-refractivity contribution in [1.82, 2.24) is 0 Å². The molecule has 190 valence electrons. The number of benzene rings is 3. The molecule has 0 spiro atoms. The van der Waals surface area contributed by atoms with E-state index in [2.05, 4.69) is 0 Å². The van der Waals surface area contributed by atoms with Crippen LogP contribution in [0.5, 0.6) is 11.5 Å². The molecule has 0 fully saturated rings. The van der Waals surface area contributed by atoms with Gasteiger partial charge in [-0.2, -0.15) is 0 Å². The van der Waals surface area contributed by atoms with Crippen LogP contribution < -0.4 is 0 Å². The summed E-state index contributed by atoms with van der Waals surface area (Å²) in [5.74, 6) is -1.66. The molecule has 0 bridgehead atoms. The molecule has 0 aliphatic heterocycles. The van der Waals surface area contributed by atoms with Crippen LogP contribution in [0.25, 0.3) is 0 Å². The zero-order valence-corrected chi connectivity index (χ0v) is 19.3. The van der Waals surface area contributed by atoms with E-state index in [0.29, 0.717) is 22.3 Å². The van der Waals surface area contributed by atoms with Gasteiger partial charge in [0.1, 0.15) is 35.9 Å². The average Bonchev–Trinajstić information content (AvgIpc) is 2.89. The minimum absolute atomic E-state index is 0.00258. The van der Waals surface area contributed by atoms with E-state index in [1.807, 2.05) is 6.07 Å². The fourth-order valence-corrected chi connectivity index (χ4v) is 3.58. The molecule has 1 aliphatic rings. The summed E-state index contributed by atoms with van der Waals surface area (Å²) in [6.07, 6.45) is -0.172. The van der Waals surface area contributed by atoms with Crippen molar-refractivity contribution in [2.45, 2.75) is 36.6 Å². The Labute approximate surface area is 208 Å². The lowest BCUT2D eigenvalue weighted by molar-refractivity contribution is -0.115. The second kappa shape index (κ2) is 12.0. The summed E-state index contributed by atoms with van der Waals surface area (Å²) in [6, 6.07) is 20.8. The first-order chi connectivity index (χ1) is 17.1. The fourth-order valence-electron chi connectivity index (χ4n) is 3.58. The van der Waals surface area contributed by atoms with Gasteiger partial charge in [-0.15, -0.1) is 0 Å². The number of hydrogen-bond donors (Lipinski definition) is 8. The summed E-state index contributed by atoms with van der Waals surface area (Å²) in [6.45, 7) is 0. The highest BCUT2D eigenvalue weighted by Crippen LogP contribution is 2.30. The molecule has 0 aromatic heterocycles. The fraction of sp³-hybridized carbons (Fsp3) is 0.214. The Hall–Kier alpha value is -3.50. The maximum Gasteiger partial charge on any atom is 0.186 e. The number of phenolic OH excluding ortho intramolecular Hbond substituents is 2. The van der Waals surface area contributed by atoms with E-state index in [0.717, 1.165) is 0 Å². The Morgan fingerprint density at radius 1 is 0.556 bits per heavy atom. The van der Waals surface area contributed by atoms with Crippen molar-refractivity contribution >= 4 is 0 Å². The molecule has 4 atom stereocenters. The van der Waals surface area contributed by atoms with Crippen molar-refractivity contribution in [3.8, 4) is 11.5 Å². The minimum Gasteiger partial charge on any atom is -0.508 e. The van der Waals surface area contributed by atoms with Crippen LogP contribution in [-0.4, -0.2) is 52.7 Å². The molecule has 3 aromatic rings. The number of aromatic hydroxyl groups is 2. The predicted octanol–water partition coefficient (Wildman–Crippen LogP) is 2.51. The van der Waals surface area contributed by atoms with Gasteiger partial charge in [-0.25, -0.2) is 0 Å². The predicted molar refractivity (Wildman–Crippen MR) is 133 cm³/mol. The van der Waals surface area contributed by atoms with Crippen LogP contribution in [0.3, 0.4) is 0 Å². The van der Waals surface area contributed by atoms with Crippen molar-refractivity contribution in [3.63, 3.8) is 0 Å². The van der Waals surface area contributed by atoms with E-state index in [1.54, 1.807) is 48.5 Å². The summed E-state index contributed by atoms with van der Waals surface area (Å²) >= 11 is 0. The van der Waals surface area contributed by atoms with Gasteiger partial charge in [0.2, 0.25) is 0 Å². The van der Waals surface area contributed by atoms with Crippen molar-refractivity contribution in [2.24, 2.45) is 0 Å². The lowest BCUT2D eigenvalue weighted by atomic mass is 9.93. The lowest BCUT2D eigenvalue weighted by Gasteiger charge is -2.25. The summed E-state index contributed by atoms with van der Waals surface area (Å²) in [5.41, 5.74) is 2.11. The molecule has 36 heavy (non-hydrogen) atoms. The first-order valence-electron chi connectivity index (χ1n) is 11.3. The Kier molecular flexibility index (Phi) is 9.00. The van der Waals surface area contributed by atoms with Crippen molar-refractivity contribution in [2.75, 3.05) is 0 Å². The summed E-state index contributed by atoms with van der Waals surface area (Å²) in [7, 11) is 0. The van der Waals surface area contributed by atoms with Gasteiger partial charge in [-0.1, -0.05) is 66.7 Å². The van der Waals surface area contributed by atoms with Crippen molar-refractivity contribution < 1.29 is 40.9 Å². The third-order valence-corrected chi connectivity index (χ3v) is 5.73. The number of hydrogen-bond acceptors (Lipinski definition) is 8. The lowest BCUT2D eigenvalue weighted by Crippen LogP contribution is -2.28. The van der Waals surface area contributed by atoms with Gasteiger partial charge in [0.15, 0.2) is 5.79 Å². The quantitative estimate of drug-likeness (QED) is 0.243. The monoisotopic (exact) mass is 494 g/mol. The standard InChI is InChI=1S/C14H14O4.C14H16O4/c15-11-5-1-9(2-6-11)13(17)14(18)10-3-7-12(16)8-4-10;15-12(10-4-2-1-3-5-10)13(16)11-6-8-14(17,18)9-7-11/h1-8,13-18H;1-8,12-13,15-18H,9H2. The highest BCUT2D eigenvalue weighted by atomic mass is 16.5. The summed E-state index contributed by atoms with van der Waals surface area (Å²) in [4.78, 5) is 0. The van der Waals surface area contributed by atoms with Crippen molar-refractivity contribution in [3.05, 3.63) is 119 Å². The van der Waals surface area contributed by atoms with Gasteiger partial charge in [0, 0.05) is 6.42 Å². The third kappa shape index (κ3) is 7.25. The second-order valence-electron chi connectivity index (χ2n) is 8.49. The molecule has 1 aliphatic carbocycles. The summed E-state index contributed by atoms with van der Waals surface area (Å²) < 4.78 is 0. The first kappa shape index (κ1) is 27.1. The smallest absolute Gasteiger partial charge is 0.186 e. The molecule has 0 saturated heterocycles. The van der Waals surface area contributed by atoms with Crippen LogP contribution in [0.1, 0.15) is 41.4 Å². The molecule has 8 heteroatoms. The number of rotatable bonds is 6. The highest BCUT2D eigenvalue weighted by molar-refractivity contribution is 5.33. The van der Waals surface area contributed by atoms with Crippen LogP contribution >= 0.6 is 0 Å². The molecule has 3 aromatic carbocycles. The number of aliphatic hydroxyl groups is 6. The number of phenols is 2. The van der Waals surface area contributed by atoms with E-state index in [-0.39, 0.29) is 17.9 Å². The topological polar surface area (TPSA) is 162 Å². The third-order valence-electron chi connectivity index (χ3n) is 5.73. The van der Waals surface area contributed by atoms with Gasteiger partial charge in [-0.3, -0.25) is 0 Å². The van der Waals surface area contributed by atoms with Gasteiger partial charge < -0.3 is 40.9 Å². The van der Waals surface area contributed by atoms with Crippen LogP contribution in [0.15, 0.2) is 103 Å². The van der Waals surface area contributed by atoms with E-state index in [9.17, 15) is 30.6 Å².